The van der Waals surface area contributed by atoms with Crippen LogP contribution in [0.25, 0.3) is 0 Å². The van der Waals surface area contributed by atoms with Crippen molar-refractivity contribution in [1.29, 1.82) is 0 Å². The van der Waals surface area contributed by atoms with Crippen molar-refractivity contribution >= 4 is 17.8 Å². The van der Waals surface area contributed by atoms with Gasteiger partial charge in [-0.1, -0.05) is 30.3 Å². The first-order valence-corrected chi connectivity index (χ1v) is 8.48. The average Bonchev–Trinajstić information content (AvgIpc) is 2.85. The fourth-order valence-electron chi connectivity index (χ4n) is 2.81. The van der Waals surface area contributed by atoms with Crippen LogP contribution < -0.4 is 10.8 Å². The molecule has 1 aromatic rings. The van der Waals surface area contributed by atoms with E-state index < -0.39 is 34.3 Å². The lowest BCUT2D eigenvalue weighted by Gasteiger charge is -2.44. The second-order valence-corrected chi connectivity index (χ2v) is 7.59. The molecule has 0 spiro atoms. The normalized spacial score (nSPS) is 19.9. The topological polar surface area (TPSA) is 108 Å². The van der Waals surface area contributed by atoms with Gasteiger partial charge in [-0.2, -0.15) is 0 Å². The van der Waals surface area contributed by atoms with Gasteiger partial charge >= 0.3 is 6.03 Å². The predicted octanol–water partition coefficient (Wildman–Crippen LogP) is 2.03. The number of carbonyl (C=O) groups excluding carboxylic acids is 3. The number of amides is 4. The maximum atomic E-state index is 13.1. The number of hydroxylamine groups is 1. The van der Waals surface area contributed by atoms with Crippen LogP contribution in [0.5, 0.6) is 0 Å². The summed E-state index contributed by atoms with van der Waals surface area (Å²) in [7, 11) is 3.25. The molecule has 27 heavy (non-hydrogen) atoms. The van der Waals surface area contributed by atoms with Crippen molar-refractivity contribution in [3.8, 4) is 0 Å². The number of rotatable bonds is 4. The molecular weight excluding hydrogens is 350 g/mol. The van der Waals surface area contributed by atoms with Gasteiger partial charge in [0.1, 0.15) is 5.54 Å². The van der Waals surface area contributed by atoms with E-state index in [4.69, 9.17) is 5.21 Å². The van der Waals surface area contributed by atoms with Crippen LogP contribution in [0.4, 0.5) is 4.79 Å². The molecule has 1 heterocycles. The van der Waals surface area contributed by atoms with E-state index in [1.54, 1.807) is 78.6 Å². The van der Waals surface area contributed by atoms with Crippen molar-refractivity contribution in [3.05, 3.63) is 35.9 Å². The number of ether oxygens (including phenoxy) is 1. The molecule has 0 bridgehead atoms. The summed E-state index contributed by atoms with van der Waals surface area (Å²) >= 11 is 0. The molecule has 1 fully saturated rings. The van der Waals surface area contributed by atoms with Crippen LogP contribution in [0.3, 0.4) is 0 Å². The number of nitrogens with one attached hydrogen (secondary N) is 2. The summed E-state index contributed by atoms with van der Waals surface area (Å²) in [6.45, 7) is 8.01. The summed E-state index contributed by atoms with van der Waals surface area (Å²) in [5, 5.41) is 11.7. The number of benzene rings is 1. The van der Waals surface area contributed by atoms with E-state index in [2.05, 4.69) is 10.1 Å². The molecule has 1 atom stereocenters. The zero-order valence-electron chi connectivity index (χ0n) is 16.9. The quantitative estimate of drug-likeness (QED) is 0.421. The molecule has 1 aromatic carbocycles. The van der Waals surface area contributed by atoms with Crippen molar-refractivity contribution in [3.63, 3.8) is 0 Å². The van der Waals surface area contributed by atoms with Crippen molar-refractivity contribution < 1.29 is 24.3 Å². The van der Waals surface area contributed by atoms with E-state index in [-0.39, 0.29) is 0 Å². The van der Waals surface area contributed by atoms with Crippen molar-refractivity contribution in [2.75, 3.05) is 14.2 Å². The molecule has 2 rings (SSSR count). The summed E-state index contributed by atoms with van der Waals surface area (Å²) < 4.78 is 4.25. The van der Waals surface area contributed by atoms with Crippen LogP contribution in [-0.2, 0) is 19.9 Å². The molecule has 0 saturated carbocycles. The molecule has 1 aliphatic heterocycles. The minimum Gasteiger partial charge on any atom is -0.388 e. The SMILES string of the molecule is CC1(c2ccccc2)NC(=O)N(C(C)(C)C(C)(C)C(=O)NO)C1=O.COC. The fourth-order valence-corrected chi connectivity index (χ4v) is 2.81. The molecule has 1 aliphatic rings. The maximum absolute atomic E-state index is 13.1. The highest BCUT2D eigenvalue weighted by Crippen LogP contribution is 2.41. The molecule has 1 saturated heterocycles. The second-order valence-electron chi connectivity index (χ2n) is 7.59. The highest BCUT2D eigenvalue weighted by molar-refractivity contribution is 6.08. The Kier molecular flexibility index (Phi) is 6.74. The van der Waals surface area contributed by atoms with E-state index in [0.717, 1.165) is 4.90 Å². The first-order chi connectivity index (χ1) is 12.4. The lowest BCUT2D eigenvalue weighted by Crippen LogP contribution is -2.61. The minimum atomic E-state index is -1.21. The molecule has 1 unspecified atom stereocenters. The first-order valence-electron chi connectivity index (χ1n) is 8.48. The number of methoxy groups -OCH3 is 1. The highest BCUT2D eigenvalue weighted by atomic mass is 16.5. The summed E-state index contributed by atoms with van der Waals surface area (Å²) in [5.41, 5.74) is -1.32. The van der Waals surface area contributed by atoms with Gasteiger partial charge in [0.2, 0.25) is 0 Å². The van der Waals surface area contributed by atoms with E-state index in [1.165, 1.54) is 0 Å². The van der Waals surface area contributed by atoms with Crippen molar-refractivity contribution in [2.45, 2.75) is 45.7 Å². The Morgan fingerprint density at radius 1 is 1.15 bits per heavy atom. The molecular formula is C19H29N3O5. The van der Waals surface area contributed by atoms with E-state index in [0.29, 0.717) is 5.56 Å². The largest absolute Gasteiger partial charge is 0.388 e. The maximum Gasteiger partial charge on any atom is 0.325 e. The van der Waals surface area contributed by atoms with Gasteiger partial charge in [0.25, 0.3) is 11.8 Å². The number of carbonyl (C=O) groups is 3. The standard InChI is InChI=1S/C17H23N3O4.C2H6O/c1-15(2,12(21)19-24)16(3,4)20-13(22)17(5,18-14(20)23)11-9-7-6-8-10-11;1-3-2/h6-10,24H,1-5H3,(H,18,23)(H,19,21);1-2H3. The van der Waals surface area contributed by atoms with Crippen molar-refractivity contribution in [2.24, 2.45) is 5.41 Å². The number of hydrogen-bond donors (Lipinski definition) is 3. The van der Waals surface area contributed by atoms with Gasteiger partial charge in [-0.3, -0.25) is 19.7 Å². The van der Waals surface area contributed by atoms with Gasteiger partial charge in [0.05, 0.1) is 11.0 Å². The second kappa shape index (κ2) is 8.06. The summed E-state index contributed by atoms with van der Waals surface area (Å²) in [5.74, 6) is -1.12. The zero-order chi connectivity index (χ0) is 21.0. The molecule has 3 N–H and O–H groups in total. The first kappa shape index (κ1) is 22.6. The summed E-state index contributed by atoms with van der Waals surface area (Å²) in [6.07, 6.45) is 0. The Labute approximate surface area is 159 Å². The van der Waals surface area contributed by atoms with Gasteiger partial charge in [0, 0.05) is 14.2 Å². The van der Waals surface area contributed by atoms with Gasteiger partial charge in [-0.15, -0.1) is 0 Å². The molecule has 0 aliphatic carbocycles. The van der Waals surface area contributed by atoms with Crippen molar-refractivity contribution in [1.82, 2.24) is 15.7 Å². The Bertz CT molecular complexity index is 703. The zero-order valence-corrected chi connectivity index (χ0v) is 16.9. The Balaban J connectivity index is 0.00000114. The predicted molar refractivity (Wildman–Crippen MR) is 99.9 cm³/mol. The van der Waals surface area contributed by atoms with Crippen LogP contribution in [0, 0.1) is 5.41 Å². The molecule has 8 nitrogen and oxygen atoms in total. The molecule has 8 heteroatoms. The third kappa shape index (κ3) is 3.81. The number of imide groups is 1. The third-order valence-electron chi connectivity index (χ3n) is 5.30. The molecule has 150 valence electrons. The molecule has 4 amide bonds. The lowest BCUT2D eigenvalue weighted by atomic mass is 9.72. The lowest BCUT2D eigenvalue weighted by molar-refractivity contribution is -0.149. The Hall–Kier alpha value is -2.45. The number of nitrogens with zero attached hydrogens (tertiary/aromatic N) is 1. The van der Waals surface area contributed by atoms with Gasteiger partial charge in [-0.05, 0) is 40.2 Å². The van der Waals surface area contributed by atoms with E-state index >= 15 is 0 Å². The Morgan fingerprint density at radius 2 is 1.63 bits per heavy atom. The van der Waals surface area contributed by atoms with E-state index in [1.807, 2.05) is 6.07 Å². The van der Waals surface area contributed by atoms with Crippen LogP contribution in [-0.4, -0.2) is 47.7 Å². The Morgan fingerprint density at radius 3 is 2.07 bits per heavy atom. The van der Waals surface area contributed by atoms with Gasteiger partial charge in [-0.25, -0.2) is 10.3 Å². The number of urea groups is 1. The fraction of sp³-hybridized carbons (Fsp3) is 0.526. The third-order valence-corrected chi connectivity index (χ3v) is 5.30. The number of hydrogen-bond acceptors (Lipinski definition) is 5. The van der Waals surface area contributed by atoms with Gasteiger partial charge < -0.3 is 10.1 Å². The molecule has 0 aromatic heterocycles. The summed E-state index contributed by atoms with van der Waals surface area (Å²) in [6, 6.07) is 8.36. The average molecular weight is 379 g/mol. The van der Waals surface area contributed by atoms with Crippen LogP contribution in [0.15, 0.2) is 30.3 Å². The smallest absolute Gasteiger partial charge is 0.325 e. The minimum absolute atomic E-state index is 0.442. The molecule has 0 radical (unpaired) electrons. The van der Waals surface area contributed by atoms with Crippen LogP contribution >= 0.6 is 0 Å². The summed E-state index contributed by atoms with van der Waals surface area (Å²) in [4.78, 5) is 38.8. The van der Waals surface area contributed by atoms with Crippen LogP contribution in [0.1, 0.15) is 40.2 Å². The van der Waals surface area contributed by atoms with E-state index in [9.17, 15) is 14.4 Å². The monoisotopic (exact) mass is 379 g/mol. The van der Waals surface area contributed by atoms with Gasteiger partial charge in [0.15, 0.2) is 0 Å². The highest BCUT2D eigenvalue weighted by Gasteiger charge is 2.59. The van der Waals surface area contributed by atoms with Crippen LogP contribution in [0.2, 0.25) is 0 Å².